The summed E-state index contributed by atoms with van der Waals surface area (Å²) in [5.74, 6) is -1.23. The van der Waals surface area contributed by atoms with Crippen molar-refractivity contribution in [1.82, 2.24) is 9.21 Å². The lowest BCUT2D eigenvalue weighted by atomic mass is 10.1. The lowest BCUT2D eigenvalue weighted by Gasteiger charge is -2.27. The van der Waals surface area contributed by atoms with Gasteiger partial charge in [0.1, 0.15) is 10.6 Å². The van der Waals surface area contributed by atoms with E-state index in [1.165, 1.54) is 34.5 Å². The lowest BCUT2D eigenvalue weighted by molar-refractivity contribution is -0.137. The van der Waals surface area contributed by atoms with E-state index in [-0.39, 0.29) is 35.2 Å². The van der Waals surface area contributed by atoms with E-state index in [1.807, 2.05) is 0 Å². The number of ether oxygens (including phenoxy) is 1. The minimum absolute atomic E-state index is 0.0420. The van der Waals surface area contributed by atoms with Crippen LogP contribution in [0.4, 0.5) is 0 Å². The Balaban J connectivity index is 2.40. The topological polar surface area (TPSA) is 104 Å². The Morgan fingerprint density at radius 1 is 1.26 bits per heavy atom. The average molecular weight is 398 g/mol. The molecule has 1 amide bonds. The van der Waals surface area contributed by atoms with Crippen molar-refractivity contribution < 1.29 is 27.9 Å². The van der Waals surface area contributed by atoms with Gasteiger partial charge in [-0.1, -0.05) is 0 Å². The summed E-state index contributed by atoms with van der Waals surface area (Å²) in [7, 11) is -2.38. The van der Waals surface area contributed by atoms with Crippen molar-refractivity contribution >= 4 is 21.9 Å². The first kappa shape index (κ1) is 21.2. The molecule has 2 rings (SSSR count). The Morgan fingerprint density at radius 2 is 1.89 bits per heavy atom. The van der Waals surface area contributed by atoms with Crippen LogP contribution in [0.2, 0.25) is 0 Å². The van der Waals surface area contributed by atoms with Crippen LogP contribution in [-0.4, -0.2) is 67.4 Å². The molecule has 0 aliphatic carbocycles. The fourth-order valence-electron chi connectivity index (χ4n) is 3.06. The number of sulfonamides is 1. The van der Waals surface area contributed by atoms with Gasteiger partial charge in [0.15, 0.2) is 0 Å². The molecule has 0 spiro atoms. The highest BCUT2D eigenvalue weighted by Crippen LogP contribution is 2.30. The van der Waals surface area contributed by atoms with Crippen LogP contribution in [0, 0.1) is 0 Å². The summed E-state index contributed by atoms with van der Waals surface area (Å²) in [6.45, 7) is 4.50. The Hall–Kier alpha value is -2.13. The number of hydrogen-bond donors (Lipinski definition) is 1. The molecule has 0 unspecified atom stereocenters. The molecule has 1 N–H and O–H groups in total. The van der Waals surface area contributed by atoms with E-state index in [0.29, 0.717) is 13.1 Å². The van der Waals surface area contributed by atoms with Crippen LogP contribution in [0.25, 0.3) is 0 Å². The number of nitrogens with zero attached hydrogens (tertiary/aromatic N) is 2. The number of amides is 1. The molecule has 1 heterocycles. The van der Waals surface area contributed by atoms with Crippen LogP contribution in [0.1, 0.15) is 43.5 Å². The summed E-state index contributed by atoms with van der Waals surface area (Å²) in [5, 5.41) is 8.90. The molecule has 1 aliphatic heterocycles. The van der Waals surface area contributed by atoms with E-state index in [2.05, 4.69) is 0 Å². The standard InChI is InChI=1S/C18H26N2O6S/c1-13(2)20(11-8-17(21)22)18(23)14-6-7-15(26-3)16(12-14)27(24,25)19-9-4-5-10-19/h6-7,12-13H,4-5,8-11H2,1-3H3,(H,21,22). The van der Waals surface area contributed by atoms with E-state index < -0.39 is 21.9 Å². The number of carbonyl (C=O) groups excluding carboxylic acids is 1. The predicted octanol–water partition coefficient (Wildman–Crippen LogP) is 1.81. The maximum atomic E-state index is 13.0. The van der Waals surface area contributed by atoms with E-state index in [9.17, 15) is 18.0 Å². The number of rotatable bonds is 8. The Labute approximate surface area is 159 Å². The first-order valence-electron chi connectivity index (χ1n) is 8.89. The molecular weight excluding hydrogens is 372 g/mol. The first-order chi connectivity index (χ1) is 12.7. The molecule has 1 fully saturated rings. The van der Waals surface area contributed by atoms with Crippen molar-refractivity contribution in [2.24, 2.45) is 0 Å². The van der Waals surface area contributed by atoms with Crippen molar-refractivity contribution in [2.45, 2.75) is 44.0 Å². The fraction of sp³-hybridized carbons (Fsp3) is 0.556. The van der Waals surface area contributed by atoms with Gasteiger partial charge in [0.25, 0.3) is 5.91 Å². The maximum Gasteiger partial charge on any atom is 0.305 e. The second-order valence-corrected chi connectivity index (χ2v) is 8.62. The normalized spacial score (nSPS) is 15.1. The highest BCUT2D eigenvalue weighted by molar-refractivity contribution is 7.89. The minimum atomic E-state index is -3.77. The van der Waals surface area contributed by atoms with Gasteiger partial charge in [-0.25, -0.2) is 8.42 Å². The van der Waals surface area contributed by atoms with Gasteiger partial charge in [-0.2, -0.15) is 4.31 Å². The van der Waals surface area contributed by atoms with Gasteiger partial charge in [-0.3, -0.25) is 9.59 Å². The van der Waals surface area contributed by atoms with Gasteiger partial charge in [0.2, 0.25) is 10.0 Å². The zero-order chi connectivity index (χ0) is 20.2. The number of carboxylic acid groups (broad SMARTS) is 1. The second kappa shape index (κ2) is 8.71. The van der Waals surface area contributed by atoms with Gasteiger partial charge in [0, 0.05) is 31.2 Å². The summed E-state index contributed by atoms with van der Waals surface area (Å²) in [6, 6.07) is 4.06. The molecule has 0 atom stereocenters. The van der Waals surface area contributed by atoms with Crippen molar-refractivity contribution in [3.63, 3.8) is 0 Å². The predicted molar refractivity (Wildman–Crippen MR) is 99.4 cm³/mol. The zero-order valence-corrected chi connectivity index (χ0v) is 16.7. The van der Waals surface area contributed by atoms with Crippen molar-refractivity contribution in [2.75, 3.05) is 26.7 Å². The number of benzene rings is 1. The van der Waals surface area contributed by atoms with Crippen LogP contribution >= 0.6 is 0 Å². The highest BCUT2D eigenvalue weighted by Gasteiger charge is 2.31. The lowest BCUT2D eigenvalue weighted by Crippen LogP contribution is -2.38. The summed E-state index contributed by atoms with van der Waals surface area (Å²) < 4.78 is 32.5. The SMILES string of the molecule is COc1ccc(C(=O)N(CCC(=O)O)C(C)C)cc1S(=O)(=O)N1CCCC1. The Kier molecular flexibility index (Phi) is 6.83. The number of aliphatic carboxylic acids is 1. The van der Waals surface area contributed by atoms with Crippen LogP contribution in [0.15, 0.2) is 23.1 Å². The smallest absolute Gasteiger partial charge is 0.305 e. The van der Waals surface area contributed by atoms with Crippen molar-refractivity contribution in [1.29, 1.82) is 0 Å². The zero-order valence-electron chi connectivity index (χ0n) is 15.8. The molecule has 0 radical (unpaired) electrons. The molecule has 9 heteroatoms. The monoisotopic (exact) mass is 398 g/mol. The van der Waals surface area contributed by atoms with Crippen molar-refractivity contribution in [3.8, 4) is 5.75 Å². The summed E-state index contributed by atoms with van der Waals surface area (Å²) >= 11 is 0. The summed E-state index contributed by atoms with van der Waals surface area (Å²) in [5.41, 5.74) is 0.188. The first-order valence-corrected chi connectivity index (χ1v) is 10.3. The maximum absolute atomic E-state index is 13.0. The molecule has 1 aliphatic rings. The van der Waals surface area contributed by atoms with E-state index in [0.717, 1.165) is 12.8 Å². The van der Waals surface area contributed by atoms with Gasteiger partial charge in [-0.15, -0.1) is 0 Å². The van der Waals surface area contributed by atoms with E-state index >= 15 is 0 Å². The van der Waals surface area contributed by atoms with Crippen LogP contribution in [0.5, 0.6) is 5.75 Å². The highest BCUT2D eigenvalue weighted by atomic mass is 32.2. The Morgan fingerprint density at radius 3 is 2.41 bits per heavy atom. The molecule has 150 valence electrons. The van der Waals surface area contributed by atoms with E-state index in [1.54, 1.807) is 13.8 Å². The van der Waals surface area contributed by atoms with Gasteiger partial charge in [0.05, 0.1) is 13.5 Å². The largest absolute Gasteiger partial charge is 0.495 e. The number of carbonyl (C=O) groups is 2. The number of carboxylic acids is 1. The third-order valence-electron chi connectivity index (χ3n) is 4.54. The van der Waals surface area contributed by atoms with Crippen LogP contribution in [0.3, 0.4) is 0 Å². The summed E-state index contributed by atoms with van der Waals surface area (Å²) in [6.07, 6.45) is 1.42. The molecule has 0 aromatic heterocycles. The minimum Gasteiger partial charge on any atom is -0.495 e. The van der Waals surface area contributed by atoms with Crippen LogP contribution < -0.4 is 4.74 Å². The average Bonchev–Trinajstić information content (AvgIpc) is 3.16. The third kappa shape index (κ3) is 4.78. The van der Waals surface area contributed by atoms with Crippen LogP contribution in [-0.2, 0) is 14.8 Å². The Bertz CT molecular complexity index is 800. The molecular formula is C18H26N2O6S. The van der Waals surface area contributed by atoms with Gasteiger partial charge < -0.3 is 14.7 Å². The fourth-order valence-corrected chi connectivity index (χ4v) is 4.75. The molecule has 1 saturated heterocycles. The second-order valence-electron chi connectivity index (χ2n) is 6.71. The molecule has 27 heavy (non-hydrogen) atoms. The van der Waals surface area contributed by atoms with Gasteiger partial charge in [-0.05, 0) is 44.9 Å². The van der Waals surface area contributed by atoms with E-state index in [4.69, 9.17) is 9.84 Å². The van der Waals surface area contributed by atoms with Gasteiger partial charge >= 0.3 is 5.97 Å². The quantitative estimate of drug-likeness (QED) is 0.716. The summed E-state index contributed by atoms with van der Waals surface area (Å²) in [4.78, 5) is 25.1. The molecule has 0 saturated carbocycles. The number of methoxy groups -OCH3 is 1. The molecule has 0 bridgehead atoms. The molecule has 1 aromatic rings. The number of hydrogen-bond acceptors (Lipinski definition) is 5. The third-order valence-corrected chi connectivity index (χ3v) is 6.46. The molecule has 1 aromatic carbocycles. The molecule has 8 nitrogen and oxygen atoms in total. The van der Waals surface area contributed by atoms with Crippen molar-refractivity contribution in [3.05, 3.63) is 23.8 Å².